The molecule has 2 heterocycles. The Morgan fingerprint density at radius 3 is 2.60 bits per heavy atom. The Morgan fingerprint density at radius 2 is 2.00 bits per heavy atom. The van der Waals surface area contributed by atoms with Crippen LogP contribution in [0.3, 0.4) is 0 Å². The van der Waals surface area contributed by atoms with E-state index in [4.69, 9.17) is 0 Å². The molecule has 8 nitrogen and oxygen atoms in total. The van der Waals surface area contributed by atoms with E-state index in [0.29, 0.717) is 24.0 Å². The SMILES string of the molecule is CCN=C1C=C(SN2C(=O)CCC2=O)NN(NCC)N1. The first-order valence-electron chi connectivity index (χ1n) is 6.51. The molecule has 0 aromatic carbocycles. The molecule has 2 aliphatic rings. The zero-order chi connectivity index (χ0) is 14.5. The van der Waals surface area contributed by atoms with E-state index in [1.165, 1.54) is 4.31 Å². The summed E-state index contributed by atoms with van der Waals surface area (Å²) < 4.78 is 1.19. The molecule has 110 valence electrons. The zero-order valence-electron chi connectivity index (χ0n) is 11.5. The van der Waals surface area contributed by atoms with Crippen LogP contribution < -0.4 is 16.3 Å². The van der Waals surface area contributed by atoms with Gasteiger partial charge in [-0.25, -0.2) is 9.73 Å². The molecular weight excluding hydrogens is 280 g/mol. The van der Waals surface area contributed by atoms with Crippen molar-refractivity contribution in [1.29, 1.82) is 0 Å². The van der Waals surface area contributed by atoms with Crippen LogP contribution >= 0.6 is 11.9 Å². The molecule has 0 bridgehead atoms. The quantitative estimate of drug-likeness (QED) is 0.482. The van der Waals surface area contributed by atoms with Crippen molar-refractivity contribution in [3.8, 4) is 0 Å². The highest BCUT2D eigenvalue weighted by molar-refractivity contribution is 8.01. The summed E-state index contributed by atoms with van der Waals surface area (Å²) in [5, 5.41) is 2.21. The van der Waals surface area contributed by atoms with Crippen molar-refractivity contribution >= 4 is 29.6 Å². The molecule has 0 aromatic rings. The van der Waals surface area contributed by atoms with E-state index in [-0.39, 0.29) is 24.7 Å². The van der Waals surface area contributed by atoms with E-state index in [0.717, 1.165) is 11.9 Å². The van der Waals surface area contributed by atoms with Crippen LogP contribution in [0.2, 0.25) is 0 Å². The van der Waals surface area contributed by atoms with Gasteiger partial charge in [-0.15, -0.1) is 0 Å². The number of nitrogens with zero attached hydrogens (tertiary/aromatic N) is 3. The largest absolute Gasteiger partial charge is 0.279 e. The van der Waals surface area contributed by atoms with Crippen LogP contribution in [0.25, 0.3) is 0 Å². The summed E-state index contributed by atoms with van der Waals surface area (Å²) in [6.45, 7) is 5.23. The highest BCUT2D eigenvalue weighted by atomic mass is 32.2. The maximum atomic E-state index is 11.6. The van der Waals surface area contributed by atoms with Crippen molar-refractivity contribution in [3.05, 3.63) is 11.1 Å². The monoisotopic (exact) mass is 298 g/mol. The van der Waals surface area contributed by atoms with Crippen molar-refractivity contribution in [2.75, 3.05) is 13.1 Å². The third-order valence-electron chi connectivity index (χ3n) is 2.56. The first kappa shape index (κ1) is 14.8. The molecule has 20 heavy (non-hydrogen) atoms. The van der Waals surface area contributed by atoms with E-state index in [1.807, 2.05) is 13.8 Å². The fraction of sp³-hybridized carbons (Fsp3) is 0.545. The molecule has 0 unspecified atom stereocenters. The van der Waals surface area contributed by atoms with Gasteiger partial charge in [0.2, 0.25) is 11.8 Å². The van der Waals surface area contributed by atoms with Crippen molar-refractivity contribution < 1.29 is 9.59 Å². The molecule has 1 saturated heterocycles. The summed E-state index contributed by atoms with van der Waals surface area (Å²) in [5.41, 5.74) is 9.07. The highest BCUT2D eigenvalue weighted by Gasteiger charge is 2.31. The summed E-state index contributed by atoms with van der Waals surface area (Å²) >= 11 is 1.09. The van der Waals surface area contributed by atoms with Gasteiger partial charge >= 0.3 is 0 Å². The van der Waals surface area contributed by atoms with E-state index in [1.54, 1.807) is 11.3 Å². The smallest absolute Gasteiger partial charge is 0.240 e. The van der Waals surface area contributed by atoms with Crippen LogP contribution in [0, 0.1) is 0 Å². The van der Waals surface area contributed by atoms with Crippen LogP contribution in [0.1, 0.15) is 26.7 Å². The maximum absolute atomic E-state index is 11.6. The lowest BCUT2D eigenvalue weighted by Crippen LogP contribution is -2.59. The molecule has 0 spiro atoms. The van der Waals surface area contributed by atoms with Gasteiger partial charge in [-0.1, -0.05) is 12.2 Å². The Kier molecular flexibility index (Phi) is 4.99. The molecule has 0 radical (unpaired) electrons. The lowest BCUT2D eigenvalue weighted by molar-refractivity contribution is -0.131. The van der Waals surface area contributed by atoms with Gasteiger partial charge in [0.05, 0.1) is 0 Å². The molecule has 1 fully saturated rings. The topological polar surface area (TPSA) is 89.1 Å². The second-order valence-corrected chi connectivity index (χ2v) is 5.10. The van der Waals surface area contributed by atoms with Crippen molar-refractivity contribution in [2.45, 2.75) is 26.7 Å². The van der Waals surface area contributed by atoms with Gasteiger partial charge < -0.3 is 0 Å². The number of aliphatic imine (C=N–C) groups is 1. The number of carbonyl (C=O) groups excluding carboxylic acids is 2. The summed E-state index contributed by atoms with van der Waals surface area (Å²) in [6, 6.07) is 0. The first-order chi connectivity index (χ1) is 9.63. The minimum atomic E-state index is -0.162. The third kappa shape index (κ3) is 3.50. The van der Waals surface area contributed by atoms with Crippen LogP contribution in [0.4, 0.5) is 0 Å². The summed E-state index contributed by atoms with van der Waals surface area (Å²) in [5.74, 6) is 0.337. The minimum Gasteiger partial charge on any atom is -0.279 e. The molecule has 0 atom stereocenters. The number of carbonyl (C=O) groups is 2. The average Bonchev–Trinajstić information content (AvgIpc) is 2.71. The number of amides is 2. The van der Waals surface area contributed by atoms with Crippen molar-refractivity contribution in [1.82, 2.24) is 25.8 Å². The van der Waals surface area contributed by atoms with Crippen LogP contribution in [-0.2, 0) is 9.59 Å². The summed E-state index contributed by atoms with van der Waals surface area (Å²) in [4.78, 5) is 27.5. The zero-order valence-corrected chi connectivity index (χ0v) is 12.3. The summed E-state index contributed by atoms with van der Waals surface area (Å²) in [7, 11) is 0. The Labute approximate surface area is 121 Å². The van der Waals surface area contributed by atoms with E-state index < -0.39 is 0 Å². The van der Waals surface area contributed by atoms with Gasteiger partial charge in [0, 0.05) is 44.0 Å². The molecule has 0 aromatic heterocycles. The predicted molar refractivity (Wildman–Crippen MR) is 76.5 cm³/mol. The number of hydrazine groups is 3. The number of nitrogens with one attached hydrogen (secondary N) is 3. The lowest BCUT2D eigenvalue weighted by Gasteiger charge is -2.31. The minimum absolute atomic E-state index is 0.162. The molecule has 0 aliphatic carbocycles. The molecule has 2 rings (SSSR count). The van der Waals surface area contributed by atoms with Crippen molar-refractivity contribution in [2.24, 2.45) is 4.99 Å². The number of hydrogen-bond acceptors (Lipinski definition) is 7. The molecule has 2 aliphatic heterocycles. The average molecular weight is 298 g/mol. The number of hydrogen-bond donors (Lipinski definition) is 3. The van der Waals surface area contributed by atoms with Gasteiger partial charge in [-0.2, -0.15) is 0 Å². The fourth-order valence-electron chi connectivity index (χ4n) is 1.73. The fourth-order valence-corrected chi connectivity index (χ4v) is 2.61. The maximum Gasteiger partial charge on any atom is 0.240 e. The van der Waals surface area contributed by atoms with E-state index >= 15 is 0 Å². The first-order valence-corrected chi connectivity index (χ1v) is 7.28. The van der Waals surface area contributed by atoms with Gasteiger partial charge in [0.15, 0.2) is 0 Å². The van der Waals surface area contributed by atoms with Gasteiger partial charge in [-0.05, 0) is 6.92 Å². The Hall–Kier alpha value is -1.58. The predicted octanol–water partition coefficient (Wildman–Crippen LogP) is -0.107. The molecule has 9 heteroatoms. The lowest BCUT2D eigenvalue weighted by atomic mass is 10.4. The number of imide groups is 1. The molecule has 3 N–H and O–H groups in total. The molecule has 2 amide bonds. The van der Waals surface area contributed by atoms with Crippen LogP contribution in [0.5, 0.6) is 0 Å². The standard InChI is InChI=1S/C11H18N6O2S/c1-3-12-8-7-9(15-17(14-8)13-4-2)20-16-10(18)5-6-11(16)19/h7,13,15H,3-6H2,1-2H3,(H,12,14). The normalized spacial score (nSPS) is 22.0. The second kappa shape index (κ2) is 6.73. The van der Waals surface area contributed by atoms with Gasteiger partial charge in [-0.3, -0.25) is 25.4 Å². The van der Waals surface area contributed by atoms with E-state index in [2.05, 4.69) is 21.3 Å². The van der Waals surface area contributed by atoms with E-state index in [9.17, 15) is 9.59 Å². The molecular formula is C11H18N6O2S. The third-order valence-corrected chi connectivity index (χ3v) is 3.55. The number of rotatable bonds is 5. The van der Waals surface area contributed by atoms with Crippen molar-refractivity contribution in [3.63, 3.8) is 0 Å². The Balaban J connectivity index is 2.09. The van der Waals surface area contributed by atoms with Gasteiger partial charge in [0.25, 0.3) is 0 Å². The van der Waals surface area contributed by atoms with Crippen LogP contribution in [0.15, 0.2) is 16.1 Å². The number of amidine groups is 1. The highest BCUT2D eigenvalue weighted by Crippen LogP contribution is 2.26. The Morgan fingerprint density at radius 1 is 1.30 bits per heavy atom. The summed E-state index contributed by atoms with van der Waals surface area (Å²) in [6.07, 6.45) is 2.33. The Bertz CT molecular complexity index is 448. The molecule has 0 saturated carbocycles. The van der Waals surface area contributed by atoms with Crippen LogP contribution in [-0.4, -0.2) is 40.3 Å². The van der Waals surface area contributed by atoms with Gasteiger partial charge in [0.1, 0.15) is 10.9 Å². The second-order valence-electron chi connectivity index (χ2n) is 4.11.